The molecule has 0 unspecified atom stereocenters. The molecule has 24 heavy (non-hydrogen) atoms. The van der Waals surface area contributed by atoms with Crippen LogP contribution in [0.1, 0.15) is 16.7 Å². The Morgan fingerprint density at radius 3 is 2.12 bits per heavy atom. The van der Waals surface area contributed by atoms with Crippen LogP contribution in [-0.4, -0.2) is 8.42 Å². The van der Waals surface area contributed by atoms with E-state index in [1.165, 1.54) is 5.56 Å². The normalized spacial score (nSPS) is 11.2. The van der Waals surface area contributed by atoms with Crippen LogP contribution in [0.3, 0.4) is 0 Å². The molecule has 3 nitrogen and oxygen atoms in total. The summed E-state index contributed by atoms with van der Waals surface area (Å²) in [6.07, 6.45) is 0.771. The highest BCUT2D eigenvalue weighted by atomic mass is 32.2. The summed E-state index contributed by atoms with van der Waals surface area (Å²) in [5, 5.41) is 0. The molecule has 0 saturated heterocycles. The van der Waals surface area contributed by atoms with Crippen LogP contribution in [0, 0.1) is 6.92 Å². The molecule has 0 spiro atoms. The van der Waals surface area contributed by atoms with Crippen LogP contribution in [0.2, 0.25) is 0 Å². The predicted molar refractivity (Wildman–Crippen MR) is 97.7 cm³/mol. The maximum atomic E-state index is 12.4. The Morgan fingerprint density at radius 2 is 1.46 bits per heavy atom. The van der Waals surface area contributed by atoms with Crippen molar-refractivity contribution >= 4 is 15.7 Å². The first kappa shape index (κ1) is 16.3. The molecular formula is C20H19NO2S. The van der Waals surface area contributed by atoms with Crippen LogP contribution in [-0.2, 0) is 16.4 Å². The first-order chi connectivity index (χ1) is 11.5. The van der Waals surface area contributed by atoms with Gasteiger partial charge in [0.25, 0.3) is 10.0 Å². The smallest absolute Gasteiger partial charge is 0.261 e. The van der Waals surface area contributed by atoms with Crippen molar-refractivity contribution in [2.24, 2.45) is 0 Å². The van der Waals surface area contributed by atoms with Gasteiger partial charge in [-0.1, -0.05) is 54.6 Å². The summed E-state index contributed by atoms with van der Waals surface area (Å²) >= 11 is 0. The molecular weight excluding hydrogens is 318 g/mol. The Balaban J connectivity index is 1.86. The third-order valence-corrected chi connectivity index (χ3v) is 5.29. The Labute approximate surface area is 143 Å². The molecule has 0 aliphatic carbocycles. The molecule has 1 N–H and O–H groups in total. The molecule has 0 aliphatic rings. The van der Waals surface area contributed by atoms with E-state index in [2.05, 4.69) is 16.9 Å². The Kier molecular flexibility index (Phi) is 4.67. The van der Waals surface area contributed by atoms with Crippen molar-refractivity contribution in [3.05, 3.63) is 95.6 Å². The van der Waals surface area contributed by atoms with Gasteiger partial charge in [-0.25, -0.2) is 8.42 Å². The van der Waals surface area contributed by atoms with Crippen molar-refractivity contribution in [2.45, 2.75) is 18.2 Å². The van der Waals surface area contributed by atoms with E-state index in [9.17, 15) is 8.42 Å². The van der Waals surface area contributed by atoms with Crippen LogP contribution >= 0.6 is 0 Å². The lowest BCUT2D eigenvalue weighted by Crippen LogP contribution is -2.13. The molecule has 0 bridgehead atoms. The number of nitrogens with one attached hydrogen (secondary N) is 1. The Hall–Kier alpha value is -2.59. The van der Waals surface area contributed by atoms with Gasteiger partial charge in [-0.05, 0) is 54.3 Å². The predicted octanol–water partition coefficient (Wildman–Crippen LogP) is 4.39. The monoisotopic (exact) mass is 337 g/mol. The largest absolute Gasteiger partial charge is 0.280 e. The number of hydrogen-bond acceptors (Lipinski definition) is 2. The molecule has 0 aromatic heterocycles. The second kappa shape index (κ2) is 6.89. The van der Waals surface area contributed by atoms with E-state index in [1.54, 1.807) is 36.4 Å². The van der Waals surface area contributed by atoms with Gasteiger partial charge in [0.15, 0.2) is 0 Å². The zero-order valence-electron chi connectivity index (χ0n) is 13.4. The van der Waals surface area contributed by atoms with Gasteiger partial charge in [-0.15, -0.1) is 0 Å². The van der Waals surface area contributed by atoms with Gasteiger partial charge in [0, 0.05) is 5.69 Å². The quantitative estimate of drug-likeness (QED) is 0.751. The Bertz CT molecular complexity index is 920. The maximum absolute atomic E-state index is 12.4. The fraction of sp³-hybridized carbons (Fsp3) is 0.100. The molecule has 0 heterocycles. The summed E-state index contributed by atoms with van der Waals surface area (Å²) in [5.74, 6) is 0. The van der Waals surface area contributed by atoms with Crippen LogP contribution in [0.15, 0.2) is 83.8 Å². The fourth-order valence-electron chi connectivity index (χ4n) is 2.55. The summed E-state index contributed by atoms with van der Waals surface area (Å²) < 4.78 is 27.6. The number of hydrogen-bond donors (Lipinski definition) is 1. The third-order valence-electron chi connectivity index (χ3n) is 3.89. The summed E-state index contributed by atoms with van der Waals surface area (Å²) in [5.41, 5.74) is 4.02. The minimum atomic E-state index is -3.57. The second-order valence-electron chi connectivity index (χ2n) is 5.72. The first-order valence-electron chi connectivity index (χ1n) is 7.76. The van der Waals surface area contributed by atoms with Crippen LogP contribution in [0.4, 0.5) is 5.69 Å². The molecule has 3 rings (SSSR count). The van der Waals surface area contributed by atoms with Crippen molar-refractivity contribution in [1.29, 1.82) is 0 Å². The van der Waals surface area contributed by atoms with Crippen molar-refractivity contribution in [3.63, 3.8) is 0 Å². The number of benzene rings is 3. The average Bonchev–Trinajstić information content (AvgIpc) is 2.59. The van der Waals surface area contributed by atoms with Gasteiger partial charge in [0.05, 0.1) is 4.90 Å². The van der Waals surface area contributed by atoms with E-state index in [0.717, 1.165) is 17.5 Å². The van der Waals surface area contributed by atoms with Gasteiger partial charge < -0.3 is 0 Å². The van der Waals surface area contributed by atoms with Crippen molar-refractivity contribution < 1.29 is 8.42 Å². The second-order valence-corrected chi connectivity index (χ2v) is 7.40. The number of rotatable bonds is 5. The molecule has 122 valence electrons. The highest BCUT2D eigenvalue weighted by Crippen LogP contribution is 2.21. The summed E-state index contributed by atoms with van der Waals surface area (Å²) in [6, 6.07) is 24.2. The number of anilines is 1. The van der Waals surface area contributed by atoms with Gasteiger partial charge in [0.1, 0.15) is 0 Å². The van der Waals surface area contributed by atoms with E-state index in [0.29, 0.717) is 5.69 Å². The van der Waals surface area contributed by atoms with E-state index in [-0.39, 0.29) is 4.90 Å². The Morgan fingerprint density at radius 1 is 0.833 bits per heavy atom. The van der Waals surface area contributed by atoms with E-state index in [1.807, 2.05) is 37.3 Å². The lowest BCUT2D eigenvalue weighted by atomic mass is 10.0. The molecule has 0 amide bonds. The zero-order chi connectivity index (χ0) is 17.0. The third kappa shape index (κ3) is 3.84. The number of aryl methyl sites for hydroxylation is 1. The standard InChI is InChI=1S/C20H19NO2S/c1-16-12-13-19(15-18(16)14-17-8-4-2-5-9-17)21-24(22,23)20-10-6-3-7-11-20/h2-13,15,21H,14H2,1H3. The van der Waals surface area contributed by atoms with Gasteiger partial charge >= 0.3 is 0 Å². The van der Waals surface area contributed by atoms with E-state index < -0.39 is 10.0 Å². The van der Waals surface area contributed by atoms with Gasteiger partial charge in [-0.2, -0.15) is 0 Å². The maximum Gasteiger partial charge on any atom is 0.261 e. The van der Waals surface area contributed by atoms with Crippen LogP contribution < -0.4 is 4.72 Å². The molecule has 0 fully saturated rings. The fourth-order valence-corrected chi connectivity index (χ4v) is 3.63. The molecule has 0 radical (unpaired) electrons. The van der Waals surface area contributed by atoms with Crippen molar-refractivity contribution in [1.82, 2.24) is 0 Å². The van der Waals surface area contributed by atoms with Gasteiger partial charge in [0.2, 0.25) is 0 Å². The molecule has 3 aromatic carbocycles. The SMILES string of the molecule is Cc1ccc(NS(=O)(=O)c2ccccc2)cc1Cc1ccccc1. The minimum absolute atomic E-state index is 0.259. The lowest BCUT2D eigenvalue weighted by Gasteiger charge is -2.12. The average molecular weight is 337 g/mol. The van der Waals surface area contributed by atoms with Crippen LogP contribution in [0.25, 0.3) is 0 Å². The molecule has 4 heteroatoms. The highest BCUT2D eigenvalue weighted by molar-refractivity contribution is 7.92. The minimum Gasteiger partial charge on any atom is -0.280 e. The topological polar surface area (TPSA) is 46.2 Å². The molecule has 0 aliphatic heterocycles. The summed E-state index contributed by atoms with van der Waals surface area (Å²) in [6.45, 7) is 2.04. The summed E-state index contributed by atoms with van der Waals surface area (Å²) in [7, 11) is -3.57. The first-order valence-corrected chi connectivity index (χ1v) is 9.24. The molecule has 3 aromatic rings. The van der Waals surface area contributed by atoms with Crippen LogP contribution in [0.5, 0.6) is 0 Å². The van der Waals surface area contributed by atoms with Gasteiger partial charge in [-0.3, -0.25) is 4.72 Å². The number of sulfonamides is 1. The molecule has 0 atom stereocenters. The zero-order valence-corrected chi connectivity index (χ0v) is 14.3. The molecule has 0 saturated carbocycles. The van der Waals surface area contributed by atoms with E-state index >= 15 is 0 Å². The van der Waals surface area contributed by atoms with Crippen molar-refractivity contribution in [2.75, 3.05) is 4.72 Å². The van der Waals surface area contributed by atoms with Crippen molar-refractivity contribution in [3.8, 4) is 0 Å². The lowest BCUT2D eigenvalue weighted by molar-refractivity contribution is 0.601. The highest BCUT2D eigenvalue weighted by Gasteiger charge is 2.14. The van der Waals surface area contributed by atoms with E-state index in [4.69, 9.17) is 0 Å². The summed E-state index contributed by atoms with van der Waals surface area (Å²) in [4.78, 5) is 0.259.